The minimum Gasteiger partial charge on any atom is -0.508 e. The van der Waals surface area contributed by atoms with Gasteiger partial charge in [0.15, 0.2) is 8.32 Å². The monoisotopic (exact) mass is 454 g/mol. The number of aromatic hydroxyl groups is 1. The molecule has 0 saturated heterocycles. The van der Waals surface area contributed by atoms with Gasteiger partial charge >= 0.3 is 0 Å². The van der Waals surface area contributed by atoms with Crippen LogP contribution >= 0.6 is 0 Å². The number of methoxy groups -OCH3 is 1. The minimum absolute atomic E-state index is 0.0587. The van der Waals surface area contributed by atoms with Crippen molar-refractivity contribution in [3.8, 4) is 11.5 Å². The highest BCUT2D eigenvalue weighted by Crippen LogP contribution is 2.43. The van der Waals surface area contributed by atoms with Gasteiger partial charge in [-0.25, -0.2) is 0 Å². The van der Waals surface area contributed by atoms with Crippen LogP contribution in [-0.4, -0.2) is 20.5 Å². The zero-order valence-electron chi connectivity index (χ0n) is 21.3. The Morgan fingerprint density at radius 1 is 1.12 bits per heavy atom. The average Bonchev–Trinajstić information content (AvgIpc) is 2.66. The van der Waals surface area contributed by atoms with Crippen LogP contribution in [0, 0.1) is 0 Å². The number of phenolic OH excluding ortho intramolecular Hbond substituents is 1. The fourth-order valence-corrected chi connectivity index (χ4v) is 4.75. The third-order valence-electron chi connectivity index (χ3n) is 6.62. The number of hydrogen-bond acceptors (Lipinski definition) is 3. The van der Waals surface area contributed by atoms with E-state index < -0.39 is 8.32 Å². The molecule has 1 aromatic rings. The average molecular weight is 455 g/mol. The van der Waals surface area contributed by atoms with Gasteiger partial charge in [-0.15, -0.1) is 0 Å². The summed E-state index contributed by atoms with van der Waals surface area (Å²) in [6.07, 6.45) is 11.8. The largest absolute Gasteiger partial charge is 0.508 e. The van der Waals surface area contributed by atoms with Gasteiger partial charge in [-0.2, -0.15) is 0 Å². The Labute approximate surface area is 196 Å². The number of fused-ring (bicyclic) bond motifs is 10. The normalized spacial score (nSPS) is 23.2. The zero-order valence-corrected chi connectivity index (χ0v) is 22.3. The first kappa shape index (κ1) is 26.2. The second kappa shape index (κ2) is 10.7. The lowest BCUT2D eigenvalue weighted by atomic mass is 9.97. The quantitative estimate of drug-likeness (QED) is 0.369. The molecule has 1 atom stereocenters. The van der Waals surface area contributed by atoms with Crippen LogP contribution in [0.2, 0.25) is 18.1 Å². The summed E-state index contributed by atoms with van der Waals surface area (Å²) in [6.45, 7) is 19.6. The summed E-state index contributed by atoms with van der Waals surface area (Å²) in [5.41, 5.74) is 5.34. The molecule has 32 heavy (non-hydrogen) atoms. The molecule has 0 heterocycles. The minimum atomic E-state index is -2.09. The first-order valence-electron chi connectivity index (χ1n) is 11.6. The van der Waals surface area contributed by atoms with Crippen molar-refractivity contribution in [2.24, 2.45) is 0 Å². The molecular weight excluding hydrogens is 412 g/mol. The fourth-order valence-electron chi connectivity index (χ4n) is 3.56. The summed E-state index contributed by atoms with van der Waals surface area (Å²) >= 11 is 0. The third kappa shape index (κ3) is 6.98. The van der Waals surface area contributed by atoms with Crippen LogP contribution in [0.25, 0.3) is 0 Å². The van der Waals surface area contributed by atoms with E-state index in [4.69, 9.17) is 9.16 Å². The van der Waals surface area contributed by atoms with E-state index in [0.717, 1.165) is 48.1 Å². The molecule has 2 aliphatic rings. The zero-order chi connectivity index (χ0) is 24.1. The highest BCUT2D eigenvalue weighted by Gasteiger charge is 2.39. The Morgan fingerprint density at radius 2 is 1.81 bits per heavy atom. The molecule has 4 heteroatoms. The number of allylic oxidation sites excluding steroid dienone is 6. The molecule has 1 N–H and O–H groups in total. The number of rotatable bonds is 3. The van der Waals surface area contributed by atoms with Crippen molar-refractivity contribution in [2.75, 3.05) is 7.11 Å². The molecule has 0 saturated carbocycles. The van der Waals surface area contributed by atoms with E-state index in [0.29, 0.717) is 0 Å². The number of phenols is 1. The molecule has 176 valence electrons. The molecule has 0 fully saturated rings. The molecule has 0 spiro atoms. The van der Waals surface area contributed by atoms with Crippen LogP contribution in [0.3, 0.4) is 0 Å². The van der Waals surface area contributed by atoms with Crippen LogP contribution < -0.4 is 4.74 Å². The maximum Gasteiger partial charge on any atom is 0.193 e. The van der Waals surface area contributed by atoms with Crippen molar-refractivity contribution in [1.29, 1.82) is 0 Å². The summed E-state index contributed by atoms with van der Waals surface area (Å²) in [6, 6.07) is 3.81. The third-order valence-corrected chi connectivity index (χ3v) is 11.1. The van der Waals surface area contributed by atoms with Gasteiger partial charge in [0, 0.05) is 11.1 Å². The first-order valence-corrected chi connectivity index (χ1v) is 14.5. The standard InChI is InChI=1S/C28H42O3Si/c1-20-12-10-14-21(2)16-23-18-25(29)24(19-26(23)30-7)27(17-22(3)15-11-13-20)31-32(8,9)28(4,5)6/h11,13-14,17-19,27,29H,1,10,12,15-16H2,2-9H3/b13-11-,21-14-,22-17-/t27-/m0/s1. The lowest BCUT2D eigenvalue weighted by Crippen LogP contribution is -2.41. The Kier molecular flexibility index (Phi) is 8.78. The molecule has 0 aromatic heterocycles. The summed E-state index contributed by atoms with van der Waals surface area (Å²) < 4.78 is 12.6. The second-order valence-electron chi connectivity index (χ2n) is 10.6. The maximum absolute atomic E-state index is 11.1. The molecule has 0 unspecified atom stereocenters. The second-order valence-corrected chi connectivity index (χ2v) is 15.3. The van der Waals surface area contributed by atoms with Crippen LogP contribution in [-0.2, 0) is 10.8 Å². The van der Waals surface area contributed by atoms with Crippen molar-refractivity contribution >= 4 is 8.32 Å². The Balaban J connectivity index is 2.62. The SMILES string of the molecule is C=C1/C=C\C/C(C)=C\[C@H](O[Si](C)(C)C(C)(C)C)c2cc(OC)c(cc2O)C/C(C)=C\CC1. The lowest BCUT2D eigenvalue weighted by molar-refractivity contribution is 0.223. The molecule has 0 amide bonds. The summed E-state index contributed by atoms with van der Waals surface area (Å²) in [7, 11) is -0.400. The highest BCUT2D eigenvalue weighted by atomic mass is 28.4. The predicted molar refractivity (Wildman–Crippen MR) is 139 cm³/mol. The summed E-state index contributed by atoms with van der Waals surface area (Å²) in [5.74, 6) is 1.05. The topological polar surface area (TPSA) is 38.7 Å². The molecule has 2 bridgehead atoms. The number of hydrogen-bond donors (Lipinski definition) is 1. The first-order chi connectivity index (χ1) is 14.8. The number of ether oxygens (including phenoxy) is 1. The van der Waals surface area contributed by atoms with Gasteiger partial charge in [0.2, 0.25) is 0 Å². The summed E-state index contributed by atoms with van der Waals surface area (Å²) in [4.78, 5) is 0. The fraction of sp³-hybridized carbons (Fsp3) is 0.500. The van der Waals surface area contributed by atoms with Gasteiger partial charge in [0.1, 0.15) is 11.5 Å². The molecular formula is C28H42O3Si. The lowest BCUT2D eigenvalue weighted by Gasteiger charge is -2.39. The molecule has 3 rings (SSSR count). The van der Waals surface area contributed by atoms with Crippen molar-refractivity contribution in [2.45, 2.75) is 84.5 Å². The van der Waals surface area contributed by atoms with Gasteiger partial charge in [0.05, 0.1) is 13.2 Å². The smallest absolute Gasteiger partial charge is 0.193 e. The van der Waals surface area contributed by atoms with E-state index in [1.165, 1.54) is 11.1 Å². The van der Waals surface area contributed by atoms with E-state index >= 15 is 0 Å². The van der Waals surface area contributed by atoms with Gasteiger partial charge in [-0.3, -0.25) is 0 Å². The van der Waals surface area contributed by atoms with E-state index in [-0.39, 0.29) is 16.9 Å². The van der Waals surface area contributed by atoms with Gasteiger partial charge in [-0.1, -0.05) is 68.4 Å². The Hall–Kier alpha value is -2.04. The molecule has 0 aliphatic heterocycles. The van der Waals surface area contributed by atoms with Gasteiger partial charge in [0.25, 0.3) is 0 Å². The van der Waals surface area contributed by atoms with E-state index in [9.17, 15) is 5.11 Å². The Morgan fingerprint density at radius 3 is 2.44 bits per heavy atom. The van der Waals surface area contributed by atoms with Gasteiger partial charge < -0.3 is 14.3 Å². The van der Waals surface area contributed by atoms with Crippen molar-refractivity contribution in [1.82, 2.24) is 0 Å². The van der Waals surface area contributed by atoms with Crippen molar-refractivity contribution in [3.63, 3.8) is 0 Å². The van der Waals surface area contributed by atoms with E-state index in [1.54, 1.807) is 7.11 Å². The predicted octanol–water partition coefficient (Wildman–Crippen LogP) is 8.20. The van der Waals surface area contributed by atoms with Crippen LogP contribution in [0.1, 0.15) is 71.1 Å². The summed E-state index contributed by atoms with van der Waals surface area (Å²) in [5, 5.41) is 11.1. The van der Waals surface area contributed by atoms with Crippen LogP contribution in [0.5, 0.6) is 11.5 Å². The maximum atomic E-state index is 11.1. The Bertz CT molecular complexity index is 913. The number of benzene rings is 1. The van der Waals surface area contributed by atoms with Crippen LogP contribution in [0.15, 0.2) is 59.7 Å². The van der Waals surface area contributed by atoms with Crippen molar-refractivity contribution < 1.29 is 14.3 Å². The molecule has 1 aromatic carbocycles. The van der Waals surface area contributed by atoms with Crippen molar-refractivity contribution in [3.05, 3.63) is 70.9 Å². The van der Waals surface area contributed by atoms with E-state index in [1.807, 2.05) is 12.1 Å². The molecule has 2 aliphatic carbocycles. The van der Waals surface area contributed by atoms with Crippen LogP contribution in [0.4, 0.5) is 0 Å². The molecule has 0 radical (unpaired) electrons. The molecule has 3 nitrogen and oxygen atoms in total. The van der Waals surface area contributed by atoms with E-state index in [2.05, 4.69) is 78.6 Å². The highest BCUT2D eigenvalue weighted by molar-refractivity contribution is 6.74. The van der Waals surface area contributed by atoms with Gasteiger partial charge in [-0.05, 0) is 69.8 Å².